The number of anilines is 1. The number of nitrogens with zero attached hydrogens (tertiary/aromatic N) is 4. The number of rotatable bonds is 7. The van der Waals surface area contributed by atoms with Gasteiger partial charge < -0.3 is 31.2 Å². The number of hydrogen-bond donors (Lipinski definition) is 2. The molecule has 12 heteroatoms. The molecule has 11 nitrogen and oxygen atoms in total. The van der Waals surface area contributed by atoms with Gasteiger partial charge in [-0.05, 0) is 36.6 Å². The Labute approximate surface area is 209 Å². The maximum atomic E-state index is 12.8. The van der Waals surface area contributed by atoms with E-state index in [1.165, 1.54) is 25.0 Å². The number of nitrogens with one attached hydrogen (secondary N) is 1. The van der Waals surface area contributed by atoms with Gasteiger partial charge in [0.1, 0.15) is 0 Å². The minimum atomic E-state index is -1.12. The summed E-state index contributed by atoms with van der Waals surface area (Å²) in [6, 6.07) is 9.67. The predicted octanol–water partition coefficient (Wildman–Crippen LogP) is -2.33. The number of aromatic carboxylic acids is 1. The minimum absolute atomic E-state index is 0. The fourth-order valence-corrected chi connectivity index (χ4v) is 3.67. The van der Waals surface area contributed by atoms with Crippen molar-refractivity contribution < 1.29 is 49.3 Å². The fraction of sp³-hybridized carbons (Fsp3) is 0.409. The molecule has 1 aromatic heterocycles. The zero-order chi connectivity index (χ0) is 21.8. The Morgan fingerprint density at radius 3 is 2.18 bits per heavy atom. The first-order chi connectivity index (χ1) is 15.0. The molecule has 1 saturated carbocycles. The summed E-state index contributed by atoms with van der Waals surface area (Å²) in [5, 5.41) is 20.4. The number of carbonyl (C=O) groups is 3. The summed E-state index contributed by atoms with van der Waals surface area (Å²) in [4.78, 5) is 40.0. The molecular formula is C22H28LiN5O6. The third-order valence-corrected chi connectivity index (χ3v) is 5.70. The number of hydrogen-bond acceptors (Lipinski definition) is 7. The van der Waals surface area contributed by atoms with E-state index in [1.54, 1.807) is 29.2 Å². The van der Waals surface area contributed by atoms with Crippen LogP contribution in [0.25, 0.3) is 0 Å². The van der Waals surface area contributed by atoms with Crippen LogP contribution in [0.5, 0.6) is 0 Å². The van der Waals surface area contributed by atoms with E-state index in [2.05, 4.69) is 15.5 Å². The molecule has 2 heterocycles. The molecule has 2 amide bonds. The van der Waals surface area contributed by atoms with Crippen LogP contribution in [0.2, 0.25) is 0 Å². The molecule has 2 aliphatic rings. The van der Waals surface area contributed by atoms with Crippen molar-refractivity contribution in [1.29, 1.82) is 0 Å². The summed E-state index contributed by atoms with van der Waals surface area (Å²) in [5.74, 6) is -0.215. The van der Waals surface area contributed by atoms with Gasteiger partial charge >= 0.3 is 24.8 Å². The molecule has 0 bridgehead atoms. The van der Waals surface area contributed by atoms with E-state index >= 15 is 0 Å². The van der Waals surface area contributed by atoms with E-state index in [9.17, 15) is 19.5 Å². The molecule has 1 saturated heterocycles. The quantitative estimate of drug-likeness (QED) is 0.428. The van der Waals surface area contributed by atoms with Gasteiger partial charge in [-0.25, -0.2) is 4.79 Å². The first kappa shape index (κ1) is 29.1. The first-order valence-corrected chi connectivity index (χ1v) is 10.5. The van der Waals surface area contributed by atoms with Crippen molar-refractivity contribution in [2.24, 2.45) is 5.92 Å². The molecule has 1 aliphatic heterocycles. The Hall–Kier alpha value is -2.97. The monoisotopic (exact) mass is 465 g/mol. The smallest absolute Gasteiger partial charge is 0.870 e. The summed E-state index contributed by atoms with van der Waals surface area (Å²) < 4.78 is 0. The Kier molecular flexibility index (Phi) is 11.2. The molecule has 0 spiro atoms. The van der Waals surface area contributed by atoms with Crippen LogP contribution in [0.15, 0.2) is 36.4 Å². The molecular weight excluding hydrogens is 437 g/mol. The standard InChI is InChI=1S/C22H25N5O4.Li.2H2O/c28-20(23-10-9-15-5-6-15)18-7-8-19(25-24-18)26-11-13-27(14-12-26)21(29)16-3-1-2-4-17(16)22(30)31;;;/h1-4,7-8,15H,5-6,9-14H2,(H,23,28)(H,30,31);;2*1H2/q;+1;;/p-1. The third kappa shape index (κ3) is 7.01. The van der Waals surface area contributed by atoms with Gasteiger partial charge in [0.2, 0.25) is 0 Å². The van der Waals surface area contributed by atoms with Gasteiger partial charge in [-0.1, -0.05) is 25.0 Å². The van der Waals surface area contributed by atoms with E-state index in [0.29, 0.717) is 44.2 Å². The zero-order valence-corrected chi connectivity index (χ0v) is 19.1. The van der Waals surface area contributed by atoms with Crippen LogP contribution in [0.3, 0.4) is 0 Å². The normalized spacial score (nSPS) is 14.7. The molecule has 0 unspecified atom stereocenters. The van der Waals surface area contributed by atoms with Gasteiger partial charge in [0.15, 0.2) is 11.5 Å². The Balaban J connectivity index is 0.00000193. The predicted molar refractivity (Wildman–Crippen MR) is 119 cm³/mol. The van der Waals surface area contributed by atoms with Crippen molar-refractivity contribution in [2.45, 2.75) is 19.3 Å². The molecule has 4 rings (SSSR count). The molecule has 34 heavy (non-hydrogen) atoms. The molecule has 2 fully saturated rings. The molecule has 2 aromatic rings. The minimum Gasteiger partial charge on any atom is -0.870 e. The van der Waals surface area contributed by atoms with E-state index in [0.717, 1.165) is 12.3 Å². The van der Waals surface area contributed by atoms with Crippen molar-refractivity contribution in [3.8, 4) is 0 Å². The summed E-state index contributed by atoms with van der Waals surface area (Å²) in [7, 11) is 0. The van der Waals surface area contributed by atoms with Gasteiger partial charge in [-0.3, -0.25) is 9.59 Å². The van der Waals surface area contributed by atoms with Crippen LogP contribution in [0.1, 0.15) is 50.5 Å². The van der Waals surface area contributed by atoms with Crippen LogP contribution in [-0.4, -0.2) is 81.7 Å². The van der Waals surface area contributed by atoms with Crippen LogP contribution >= 0.6 is 0 Å². The average Bonchev–Trinajstić information content (AvgIpc) is 3.63. The summed E-state index contributed by atoms with van der Waals surface area (Å²) in [6.45, 7) is 2.63. The second-order valence-electron chi connectivity index (χ2n) is 7.89. The van der Waals surface area contributed by atoms with Crippen molar-refractivity contribution >= 4 is 23.6 Å². The van der Waals surface area contributed by atoms with Crippen molar-refractivity contribution in [3.05, 3.63) is 53.2 Å². The Bertz CT molecular complexity index is 978. The summed E-state index contributed by atoms with van der Waals surface area (Å²) in [6.07, 6.45) is 3.53. The van der Waals surface area contributed by atoms with Crippen molar-refractivity contribution in [2.75, 3.05) is 37.6 Å². The Morgan fingerprint density at radius 1 is 0.971 bits per heavy atom. The SMILES string of the molecule is O.O=C(NCCC1CC1)c1ccc(N2CCN(C(=O)c3ccccc3C(=O)O)CC2)nn1.[Li+].[OH-]. The number of benzene rings is 1. The molecule has 178 valence electrons. The second-order valence-corrected chi connectivity index (χ2v) is 7.89. The van der Waals surface area contributed by atoms with Crippen LogP contribution in [-0.2, 0) is 0 Å². The maximum Gasteiger partial charge on any atom is 1.00 e. The number of piperazine rings is 1. The number of aromatic nitrogens is 2. The van der Waals surface area contributed by atoms with Crippen LogP contribution in [0.4, 0.5) is 5.82 Å². The van der Waals surface area contributed by atoms with E-state index in [1.807, 2.05) is 4.90 Å². The van der Waals surface area contributed by atoms with Crippen molar-refractivity contribution in [3.63, 3.8) is 0 Å². The largest absolute Gasteiger partial charge is 1.00 e. The second kappa shape index (κ2) is 13.1. The maximum absolute atomic E-state index is 12.8. The summed E-state index contributed by atoms with van der Waals surface area (Å²) in [5.41, 5.74) is 0.491. The Morgan fingerprint density at radius 2 is 1.62 bits per heavy atom. The summed E-state index contributed by atoms with van der Waals surface area (Å²) >= 11 is 0. The van der Waals surface area contributed by atoms with Crippen LogP contribution < -0.4 is 29.1 Å². The molecule has 0 radical (unpaired) electrons. The first-order valence-electron chi connectivity index (χ1n) is 10.5. The molecule has 1 aromatic carbocycles. The zero-order valence-electron chi connectivity index (χ0n) is 19.1. The van der Waals surface area contributed by atoms with E-state index in [-0.39, 0.29) is 52.8 Å². The van der Waals surface area contributed by atoms with Gasteiger partial charge in [0, 0.05) is 32.7 Å². The number of carboxylic acids is 1. The number of amides is 2. The van der Waals surface area contributed by atoms with Gasteiger partial charge in [0.05, 0.1) is 11.1 Å². The van der Waals surface area contributed by atoms with Crippen molar-refractivity contribution in [1.82, 2.24) is 20.4 Å². The van der Waals surface area contributed by atoms with Gasteiger partial charge in [-0.15, -0.1) is 10.2 Å². The topological polar surface area (TPSA) is 177 Å². The van der Waals surface area contributed by atoms with E-state index in [4.69, 9.17) is 0 Å². The van der Waals surface area contributed by atoms with Crippen LogP contribution in [0, 0.1) is 5.92 Å². The van der Waals surface area contributed by atoms with Gasteiger partial charge in [-0.2, -0.15) is 0 Å². The number of carboxylic acid groups (broad SMARTS) is 1. The molecule has 0 atom stereocenters. The third-order valence-electron chi connectivity index (χ3n) is 5.70. The molecule has 1 aliphatic carbocycles. The fourth-order valence-electron chi connectivity index (χ4n) is 3.67. The molecule has 5 N–H and O–H groups in total. The van der Waals surface area contributed by atoms with E-state index < -0.39 is 5.97 Å². The number of carbonyl (C=O) groups excluding carboxylic acids is 2. The van der Waals surface area contributed by atoms with Gasteiger partial charge in [0.25, 0.3) is 11.8 Å². The average molecular weight is 465 g/mol.